The van der Waals surface area contributed by atoms with E-state index in [0.717, 1.165) is 0 Å². The van der Waals surface area contributed by atoms with Crippen molar-refractivity contribution in [2.24, 2.45) is 5.41 Å². The van der Waals surface area contributed by atoms with E-state index in [1.165, 1.54) is 0 Å². The molecule has 0 aromatic heterocycles. The lowest BCUT2D eigenvalue weighted by Gasteiger charge is -2.39. The standard InChI is InChI=1S/C26H20O6/c1-26(2)10-16(27)21-19(11-26)32-25-22(23(28)14-5-3-4-6-15(14)24(25)29)20(21)13-7-8-17-18(9-13)31-12-30-17/h3-9,20H,10-12H2,1-2H3. The Balaban J connectivity index is 1.59. The van der Waals surface area contributed by atoms with Gasteiger partial charge in [-0.1, -0.05) is 44.2 Å². The molecular weight excluding hydrogens is 408 g/mol. The minimum absolute atomic E-state index is 0.0283. The van der Waals surface area contributed by atoms with E-state index >= 15 is 0 Å². The van der Waals surface area contributed by atoms with Gasteiger partial charge in [0.05, 0.1) is 5.57 Å². The SMILES string of the molecule is CC1(C)CC(=O)C2=C(C1)OC1=C(C(=O)c3ccccc3C1=O)C2c1ccc2c(c1)OCO2. The molecule has 0 amide bonds. The summed E-state index contributed by atoms with van der Waals surface area (Å²) in [5.41, 5.74) is 1.74. The van der Waals surface area contributed by atoms with Crippen molar-refractivity contribution in [3.63, 3.8) is 0 Å². The second-order valence-corrected chi connectivity index (χ2v) is 9.37. The van der Waals surface area contributed by atoms with E-state index in [4.69, 9.17) is 14.2 Å². The molecule has 6 nitrogen and oxygen atoms in total. The third kappa shape index (κ3) is 2.62. The fourth-order valence-corrected chi connectivity index (χ4v) is 5.12. The molecule has 2 heterocycles. The fourth-order valence-electron chi connectivity index (χ4n) is 5.12. The summed E-state index contributed by atoms with van der Waals surface area (Å²) >= 11 is 0. The molecule has 1 unspecified atom stereocenters. The van der Waals surface area contributed by atoms with Crippen LogP contribution in [0.25, 0.3) is 0 Å². The number of fused-ring (bicyclic) bond motifs is 2. The van der Waals surface area contributed by atoms with Crippen molar-refractivity contribution in [1.82, 2.24) is 0 Å². The summed E-state index contributed by atoms with van der Waals surface area (Å²) in [4.78, 5) is 40.4. The molecule has 0 saturated carbocycles. The van der Waals surface area contributed by atoms with Crippen molar-refractivity contribution in [3.05, 3.63) is 81.8 Å². The van der Waals surface area contributed by atoms with Gasteiger partial charge in [0.2, 0.25) is 12.6 Å². The molecule has 1 atom stereocenters. The summed E-state index contributed by atoms with van der Waals surface area (Å²) in [6, 6.07) is 12.1. The monoisotopic (exact) mass is 428 g/mol. The zero-order valence-electron chi connectivity index (χ0n) is 17.7. The molecule has 6 heteroatoms. The van der Waals surface area contributed by atoms with E-state index in [1.54, 1.807) is 36.4 Å². The molecule has 0 N–H and O–H groups in total. The van der Waals surface area contributed by atoms with Crippen molar-refractivity contribution in [2.45, 2.75) is 32.6 Å². The summed E-state index contributed by atoms with van der Waals surface area (Å²) in [6.07, 6.45) is 0.854. The smallest absolute Gasteiger partial charge is 0.231 e. The first kappa shape index (κ1) is 19.0. The van der Waals surface area contributed by atoms with Gasteiger partial charge in [-0.2, -0.15) is 0 Å². The van der Waals surface area contributed by atoms with Gasteiger partial charge in [-0.25, -0.2) is 0 Å². The van der Waals surface area contributed by atoms with Gasteiger partial charge in [-0.15, -0.1) is 0 Å². The maximum Gasteiger partial charge on any atom is 0.231 e. The van der Waals surface area contributed by atoms with Crippen molar-refractivity contribution in [1.29, 1.82) is 0 Å². The largest absolute Gasteiger partial charge is 0.457 e. The number of rotatable bonds is 1. The van der Waals surface area contributed by atoms with Crippen molar-refractivity contribution in [2.75, 3.05) is 6.79 Å². The lowest BCUT2D eigenvalue weighted by Crippen LogP contribution is -2.37. The topological polar surface area (TPSA) is 78.9 Å². The van der Waals surface area contributed by atoms with Gasteiger partial charge >= 0.3 is 0 Å². The predicted molar refractivity (Wildman–Crippen MR) is 114 cm³/mol. The highest BCUT2D eigenvalue weighted by Gasteiger charge is 2.48. The molecule has 32 heavy (non-hydrogen) atoms. The minimum Gasteiger partial charge on any atom is -0.457 e. The maximum absolute atomic E-state index is 13.6. The number of allylic oxidation sites excluding steroid dienone is 4. The molecule has 0 spiro atoms. The second-order valence-electron chi connectivity index (χ2n) is 9.37. The van der Waals surface area contributed by atoms with Crippen molar-refractivity contribution >= 4 is 17.3 Å². The summed E-state index contributed by atoms with van der Waals surface area (Å²) in [5.74, 6) is 0.286. The van der Waals surface area contributed by atoms with Crippen molar-refractivity contribution < 1.29 is 28.6 Å². The Hall–Kier alpha value is -3.67. The summed E-state index contributed by atoms with van der Waals surface area (Å²) in [5, 5.41) is 0. The van der Waals surface area contributed by atoms with Gasteiger partial charge < -0.3 is 14.2 Å². The van der Waals surface area contributed by atoms with Gasteiger partial charge in [0, 0.05) is 35.5 Å². The zero-order valence-corrected chi connectivity index (χ0v) is 17.7. The average molecular weight is 428 g/mol. The van der Waals surface area contributed by atoms with E-state index < -0.39 is 5.92 Å². The number of hydrogen-bond donors (Lipinski definition) is 0. The second kappa shape index (κ2) is 6.42. The van der Waals surface area contributed by atoms with Crippen LogP contribution in [0, 0.1) is 5.41 Å². The fraction of sp³-hybridized carbons (Fsp3) is 0.269. The molecule has 2 aromatic carbocycles. The maximum atomic E-state index is 13.6. The van der Waals surface area contributed by atoms with Crippen LogP contribution in [0.2, 0.25) is 0 Å². The normalized spacial score (nSPS) is 22.9. The van der Waals surface area contributed by atoms with E-state index in [-0.39, 0.29) is 40.9 Å². The van der Waals surface area contributed by atoms with Crippen LogP contribution in [0.5, 0.6) is 11.5 Å². The number of benzene rings is 2. The number of carbonyl (C=O) groups is 3. The average Bonchev–Trinajstić information content (AvgIpc) is 3.23. The number of carbonyl (C=O) groups excluding carboxylic acids is 3. The zero-order chi connectivity index (χ0) is 22.2. The Morgan fingerprint density at radius 2 is 1.56 bits per heavy atom. The van der Waals surface area contributed by atoms with Gasteiger partial charge in [0.25, 0.3) is 0 Å². The molecular formula is C26H20O6. The highest BCUT2D eigenvalue weighted by Crippen LogP contribution is 2.52. The van der Waals surface area contributed by atoms with Crippen LogP contribution in [0.15, 0.2) is 65.1 Å². The summed E-state index contributed by atoms with van der Waals surface area (Å²) in [6.45, 7) is 4.12. The van der Waals surface area contributed by atoms with Gasteiger partial charge in [0.1, 0.15) is 5.76 Å². The molecule has 0 fully saturated rings. The molecule has 4 aliphatic rings. The van der Waals surface area contributed by atoms with Crippen LogP contribution in [0.3, 0.4) is 0 Å². The first-order valence-electron chi connectivity index (χ1n) is 10.6. The van der Waals surface area contributed by atoms with E-state index in [9.17, 15) is 14.4 Å². The Morgan fingerprint density at radius 1 is 0.844 bits per heavy atom. The van der Waals surface area contributed by atoms with Crippen molar-refractivity contribution in [3.8, 4) is 11.5 Å². The van der Waals surface area contributed by atoms with Crippen LogP contribution < -0.4 is 9.47 Å². The molecule has 2 aromatic rings. The Labute approximate surface area is 184 Å². The quantitative estimate of drug-likeness (QED) is 0.665. The number of ether oxygens (including phenoxy) is 3. The van der Waals surface area contributed by atoms with Gasteiger partial charge in [0.15, 0.2) is 28.8 Å². The first-order valence-corrected chi connectivity index (χ1v) is 10.6. The summed E-state index contributed by atoms with van der Waals surface area (Å²) in [7, 11) is 0. The minimum atomic E-state index is -0.698. The van der Waals surface area contributed by atoms with Crippen LogP contribution >= 0.6 is 0 Å². The van der Waals surface area contributed by atoms with E-state index in [1.807, 2.05) is 19.9 Å². The number of Topliss-reactive ketones (excluding diaryl/α,β-unsaturated/α-hetero) is 3. The van der Waals surface area contributed by atoms with Crippen LogP contribution in [0.4, 0.5) is 0 Å². The molecule has 6 rings (SSSR count). The molecule has 2 aliphatic carbocycles. The van der Waals surface area contributed by atoms with Gasteiger partial charge in [-0.3, -0.25) is 14.4 Å². The number of hydrogen-bond acceptors (Lipinski definition) is 6. The van der Waals surface area contributed by atoms with E-state index in [2.05, 4.69) is 0 Å². The third-order valence-electron chi connectivity index (χ3n) is 6.52. The van der Waals surface area contributed by atoms with Crippen LogP contribution in [-0.4, -0.2) is 24.1 Å². The molecule has 0 bridgehead atoms. The first-order chi connectivity index (χ1) is 15.3. The van der Waals surface area contributed by atoms with Crippen LogP contribution in [-0.2, 0) is 9.53 Å². The lowest BCUT2D eigenvalue weighted by molar-refractivity contribution is -0.119. The predicted octanol–water partition coefficient (Wildman–Crippen LogP) is 4.51. The Bertz CT molecular complexity index is 1310. The molecule has 160 valence electrons. The Morgan fingerprint density at radius 3 is 2.34 bits per heavy atom. The molecule has 0 saturated heterocycles. The Kier molecular flexibility index (Phi) is 3.82. The highest BCUT2D eigenvalue weighted by atomic mass is 16.7. The van der Waals surface area contributed by atoms with Crippen LogP contribution in [0.1, 0.15) is 58.9 Å². The van der Waals surface area contributed by atoms with E-state index in [0.29, 0.717) is 52.4 Å². The lowest BCUT2D eigenvalue weighted by atomic mass is 9.67. The molecule has 0 radical (unpaired) electrons. The van der Waals surface area contributed by atoms with Gasteiger partial charge in [-0.05, 0) is 23.1 Å². The highest BCUT2D eigenvalue weighted by molar-refractivity contribution is 6.27. The number of ketones is 3. The molecule has 2 aliphatic heterocycles. The summed E-state index contributed by atoms with van der Waals surface area (Å²) < 4.78 is 17.1. The third-order valence-corrected chi connectivity index (χ3v) is 6.52.